The highest BCUT2D eigenvalue weighted by atomic mass is 16.2. The van der Waals surface area contributed by atoms with Gasteiger partial charge in [0.2, 0.25) is 5.91 Å². The molecule has 1 aromatic rings. The second-order valence-corrected chi connectivity index (χ2v) is 4.46. The molecule has 0 heterocycles. The molecule has 1 aliphatic carbocycles. The Labute approximate surface area is 96.0 Å². The molecule has 3 nitrogen and oxygen atoms in total. The minimum Gasteiger partial charge on any atom is -0.293 e. The van der Waals surface area contributed by atoms with Crippen LogP contribution in [-0.2, 0) is 16.6 Å². The van der Waals surface area contributed by atoms with Gasteiger partial charge in [0, 0.05) is 0 Å². The van der Waals surface area contributed by atoms with E-state index < -0.39 is 0 Å². The first kappa shape index (κ1) is 11.1. The Balaban J connectivity index is 2.30. The summed E-state index contributed by atoms with van der Waals surface area (Å²) in [6, 6.07) is 8.32. The molecule has 0 atom stereocenters. The van der Waals surface area contributed by atoms with Crippen LogP contribution in [0.4, 0.5) is 0 Å². The molecule has 0 spiro atoms. The highest BCUT2D eigenvalue weighted by molar-refractivity contribution is 5.88. The number of hydrazine groups is 1. The summed E-state index contributed by atoms with van der Waals surface area (Å²) in [4.78, 5) is 11.8. The van der Waals surface area contributed by atoms with E-state index in [2.05, 4.69) is 36.6 Å². The van der Waals surface area contributed by atoms with Crippen molar-refractivity contribution in [3.8, 4) is 0 Å². The number of hydrogen-bond donors (Lipinski definition) is 2. The van der Waals surface area contributed by atoms with Crippen molar-refractivity contribution in [3.63, 3.8) is 0 Å². The van der Waals surface area contributed by atoms with Crippen molar-refractivity contribution in [2.45, 2.75) is 38.0 Å². The molecule has 0 bridgehead atoms. The van der Waals surface area contributed by atoms with Crippen LogP contribution in [-0.4, -0.2) is 5.91 Å². The number of carbonyl (C=O) groups excluding carboxylic acids is 1. The average molecular weight is 218 g/mol. The van der Waals surface area contributed by atoms with Crippen molar-refractivity contribution < 1.29 is 4.79 Å². The third-order valence-electron chi connectivity index (χ3n) is 3.69. The van der Waals surface area contributed by atoms with Crippen LogP contribution in [0.5, 0.6) is 0 Å². The molecule has 0 aromatic heterocycles. The van der Waals surface area contributed by atoms with E-state index in [0.717, 1.165) is 31.2 Å². The van der Waals surface area contributed by atoms with Gasteiger partial charge in [0.05, 0.1) is 5.41 Å². The normalized spacial score (nSPS) is 17.6. The monoisotopic (exact) mass is 218 g/mol. The van der Waals surface area contributed by atoms with E-state index in [1.165, 1.54) is 5.56 Å². The van der Waals surface area contributed by atoms with Gasteiger partial charge in [-0.25, -0.2) is 5.84 Å². The zero-order valence-corrected chi connectivity index (χ0v) is 9.62. The highest BCUT2D eigenvalue weighted by Crippen LogP contribution is 2.43. The molecule has 1 aromatic carbocycles. The van der Waals surface area contributed by atoms with Crippen molar-refractivity contribution in [1.29, 1.82) is 0 Å². The molecule has 0 unspecified atom stereocenters. The summed E-state index contributed by atoms with van der Waals surface area (Å²) in [5.74, 6) is 5.21. The summed E-state index contributed by atoms with van der Waals surface area (Å²) in [5, 5.41) is 0. The van der Waals surface area contributed by atoms with Crippen LogP contribution in [0.25, 0.3) is 0 Å². The Hall–Kier alpha value is -1.35. The SMILES string of the molecule is CCc1ccc(C2(C(=O)NN)CCC2)cc1. The minimum absolute atomic E-state index is 0.0528. The number of nitrogens with one attached hydrogen (secondary N) is 1. The fourth-order valence-corrected chi connectivity index (χ4v) is 2.37. The van der Waals surface area contributed by atoms with Crippen LogP contribution in [0.3, 0.4) is 0 Å². The van der Waals surface area contributed by atoms with Gasteiger partial charge < -0.3 is 0 Å². The molecule has 0 saturated heterocycles. The Morgan fingerprint density at radius 1 is 1.38 bits per heavy atom. The lowest BCUT2D eigenvalue weighted by atomic mass is 9.64. The Morgan fingerprint density at radius 2 is 2.00 bits per heavy atom. The highest BCUT2D eigenvalue weighted by Gasteiger charge is 2.45. The molecule has 0 radical (unpaired) electrons. The van der Waals surface area contributed by atoms with Crippen molar-refractivity contribution >= 4 is 5.91 Å². The lowest BCUT2D eigenvalue weighted by molar-refractivity contribution is -0.130. The van der Waals surface area contributed by atoms with Crippen LogP contribution in [0.15, 0.2) is 24.3 Å². The van der Waals surface area contributed by atoms with E-state index in [9.17, 15) is 4.79 Å². The van der Waals surface area contributed by atoms with E-state index in [4.69, 9.17) is 5.84 Å². The molecule has 86 valence electrons. The van der Waals surface area contributed by atoms with Gasteiger partial charge in [-0.3, -0.25) is 10.2 Å². The second kappa shape index (κ2) is 4.26. The summed E-state index contributed by atoms with van der Waals surface area (Å²) < 4.78 is 0. The van der Waals surface area contributed by atoms with Crippen molar-refractivity contribution in [2.24, 2.45) is 5.84 Å². The quantitative estimate of drug-likeness (QED) is 0.460. The first-order valence-electron chi connectivity index (χ1n) is 5.83. The third-order valence-corrected chi connectivity index (χ3v) is 3.69. The number of benzene rings is 1. The Kier molecular flexibility index (Phi) is 2.97. The fourth-order valence-electron chi connectivity index (χ4n) is 2.37. The van der Waals surface area contributed by atoms with Gasteiger partial charge >= 0.3 is 0 Å². The number of hydrogen-bond acceptors (Lipinski definition) is 2. The zero-order chi connectivity index (χ0) is 11.6. The molecule has 1 fully saturated rings. The number of rotatable bonds is 3. The summed E-state index contributed by atoms with van der Waals surface area (Å²) in [5.41, 5.74) is 4.33. The predicted octanol–water partition coefficient (Wildman–Crippen LogP) is 1.66. The topological polar surface area (TPSA) is 55.1 Å². The average Bonchev–Trinajstić information content (AvgIpc) is 2.28. The van der Waals surface area contributed by atoms with Crippen molar-refractivity contribution in [1.82, 2.24) is 5.43 Å². The molecule has 16 heavy (non-hydrogen) atoms. The number of aryl methyl sites for hydroxylation is 1. The largest absolute Gasteiger partial charge is 0.293 e. The molecular formula is C13H18N2O. The number of nitrogens with two attached hydrogens (primary N) is 1. The van der Waals surface area contributed by atoms with Gasteiger partial charge in [-0.15, -0.1) is 0 Å². The van der Waals surface area contributed by atoms with Crippen LogP contribution in [0, 0.1) is 0 Å². The van der Waals surface area contributed by atoms with E-state index in [0.29, 0.717) is 0 Å². The first-order valence-corrected chi connectivity index (χ1v) is 5.83. The zero-order valence-electron chi connectivity index (χ0n) is 9.62. The number of carbonyl (C=O) groups is 1. The first-order chi connectivity index (χ1) is 7.73. The summed E-state index contributed by atoms with van der Waals surface area (Å²) in [7, 11) is 0. The molecule has 3 N–H and O–H groups in total. The van der Waals surface area contributed by atoms with Gasteiger partial charge in [-0.1, -0.05) is 37.6 Å². The maximum Gasteiger partial charge on any atom is 0.244 e. The molecule has 2 rings (SSSR count). The van der Waals surface area contributed by atoms with Crippen LogP contribution in [0.1, 0.15) is 37.3 Å². The Morgan fingerprint density at radius 3 is 2.38 bits per heavy atom. The molecule has 3 heteroatoms. The third kappa shape index (κ3) is 1.61. The second-order valence-electron chi connectivity index (χ2n) is 4.46. The predicted molar refractivity (Wildman–Crippen MR) is 63.7 cm³/mol. The molecule has 1 amide bonds. The fraction of sp³-hybridized carbons (Fsp3) is 0.462. The van der Waals surface area contributed by atoms with Crippen molar-refractivity contribution in [2.75, 3.05) is 0 Å². The van der Waals surface area contributed by atoms with Gasteiger partial charge in [0.25, 0.3) is 0 Å². The van der Waals surface area contributed by atoms with E-state index in [-0.39, 0.29) is 11.3 Å². The lowest BCUT2D eigenvalue weighted by Gasteiger charge is -2.40. The standard InChI is InChI=1S/C13H18N2O/c1-2-10-4-6-11(7-5-10)13(8-3-9-13)12(16)15-14/h4-7H,2-3,8-9,14H2,1H3,(H,15,16). The molecule has 0 aliphatic heterocycles. The maximum absolute atomic E-state index is 11.8. The van der Waals surface area contributed by atoms with Crippen LogP contribution < -0.4 is 11.3 Å². The summed E-state index contributed by atoms with van der Waals surface area (Å²) in [6.45, 7) is 2.13. The van der Waals surface area contributed by atoms with Gasteiger partial charge in [0.15, 0.2) is 0 Å². The summed E-state index contributed by atoms with van der Waals surface area (Å²) >= 11 is 0. The molecule has 1 aliphatic rings. The van der Waals surface area contributed by atoms with Gasteiger partial charge in [-0.05, 0) is 30.4 Å². The summed E-state index contributed by atoms with van der Waals surface area (Å²) in [6.07, 6.45) is 3.93. The number of amides is 1. The maximum atomic E-state index is 11.8. The molecular weight excluding hydrogens is 200 g/mol. The van der Waals surface area contributed by atoms with E-state index >= 15 is 0 Å². The lowest BCUT2D eigenvalue weighted by Crippen LogP contribution is -2.51. The van der Waals surface area contributed by atoms with Gasteiger partial charge in [0.1, 0.15) is 0 Å². The Bertz CT molecular complexity index is 379. The minimum atomic E-state index is -0.360. The smallest absolute Gasteiger partial charge is 0.244 e. The van der Waals surface area contributed by atoms with Gasteiger partial charge in [-0.2, -0.15) is 0 Å². The van der Waals surface area contributed by atoms with Crippen molar-refractivity contribution in [3.05, 3.63) is 35.4 Å². The molecule has 1 saturated carbocycles. The van der Waals surface area contributed by atoms with E-state index in [1.54, 1.807) is 0 Å². The van der Waals surface area contributed by atoms with Crippen LogP contribution in [0.2, 0.25) is 0 Å². The van der Waals surface area contributed by atoms with Crippen LogP contribution >= 0.6 is 0 Å². The van der Waals surface area contributed by atoms with E-state index in [1.807, 2.05) is 0 Å².